The first-order valence-electron chi connectivity index (χ1n) is 6.61. The Balaban J connectivity index is 5.08. The highest BCUT2D eigenvalue weighted by molar-refractivity contribution is 7.42. The van der Waals surface area contributed by atoms with Crippen molar-refractivity contribution in [3.8, 4) is 0 Å². The molecule has 2 heteroatoms. The van der Waals surface area contributed by atoms with Crippen LogP contribution < -0.4 is 0 Å². The Bertz CT molecular complexity index is 112. The quantitative estimate of drug-likeness (QED) is 0.535. The van der Waals surface area contributed by atoms with E-state index in [1.54, 1.807) is 36.3 Å². The molecule has 0 spiro atoms. The van der Waals surface area contributed by atoms with E-state index < -0.39 is 15.2 Å². The van der Waals surface area contributed by atoms with Crippen LogP contribution in [0.3, 0.4) is 0 Å². The van der Waals surface area contributed by atoms with E-state index in [9.17, 15) is 0 Å². The topological polar surface area (TPSA) is 0 Å². The van der Waals surface area contributed by atoms with Crippen LogP contribution in [0.1, 0.15) is 41.5 Å². The fourth-order valence-electron chi connectivity index (χ4n) is 3.75. The summed E-state index contributed by atoms with van der Waals surface area (Å²) < 4.78 is 0. The Kier molecular flexibility index (Phi) is 6.30. The monoisotopic (exact) mass is 230 g/mol. The molecule has 0 saturated carbocycles. The second kappa shape index (κ2) is 6.11. The fraction of sp³-hybridized carbons (Fsp3) is 1.00. The lowest BCUT2D eigenvalue weighted by Crippen LogP contribution is -2.60. The largest absolute Gasteiger partial charge is 0.0680 e. The minimum absolute atomic E-state index is 0.858. The molecule has 0 radical (unpaired) electrons. The maximum absolute atomic E-state index is 2.47. The third-order valence-corrected chi connectivity index (χ3v) is 28.7. The van der Waals surface area contributed by atoms with E-state index in [4.69, 9.17) is 0 Å². The van der Waals surface area contributed by atoms with E-state index >= 15 is 0 Å². The summed E-state index contributed by atoms with van der Waals surface area (Å²) in [6, 6.07) is 9.26. The van der Waals surface area contributed by atoms with Crippen molar-refractivity contribution in [3.63, 3.8) is 0 Å². The Morgan fingerprint density at radius 1 is 0.429 bits per heavy atom. The molecule has 0 aliphatic rings. The molecular weight excluding hydrogens is 200 g/mol. The first-order valence-corrected chi connectivity index (χ1v) is 12.9. The van der Waals surface area contributed by atoms with Crippen molar-refractivity contribution in [2.45, 2.75) is 77.8 Å². The third-order valence-electron chi connectivity index (χ3n) is 5.19. The van der Waals surface area contributed by atoms with Crippen LogP contribution in [-0.4, -0.2) is 15.2 Å². The summed E-state index contributed by atoms with van der Waals surface area (Å²) in [4.78, 5) is 0. The van der Waals surface area contributed by atoms with Crippen LogP contribution in [0.5, 0.6) is 0 Å². The molecule has 0 nitrogen and oxygen atoms in total. The molecule has 0 saturated heterocycles. The Labute approximate surface area is 93.3 Å². The molecule has 0 atom stereocenters. The van der Waals surface area contributed by atoms with Crippen molar-refractivity contribution < 1.29 is 0 Å². The first kappa shape index (κ1) is 14.4. The predicted molar refractivity (Wildman–Crippen MR) is 74.4 cm³/mol. The number of rotatable bonds is 7. The zero-order chi connectivity index (χ0) is 11.2. The van der Waals surface area contributed by atoms with Crippen molar-refractivity contribution >= 4 is 15.2 Å². The van der Waals surface area contributed by atoms with E-state index in [-0.39, 0.29) is 0 Å². The molecule has 0 N–H and O–H groups in total. The van der Waals surface area contributed by atoms with Gasteiger partial charge in [0.15, 0.2) is 0 Å². The average Bonchev–Trinajstić information content (AvgIpc) is 2.27. The highest BCUT2D eigenvalue weighted by Gasteiger charge is 2.47. The van der Waals surface area contributed by atoms with E-state index in [0.717, 1.165) is 0 Å². The molecule has 0 amide bonds. The van der Waals surface area contributed by atoms with Gasteiger partial charge in [-0.1, -0.05) is 77.8 Å². The van der Waals surface area contributed by atoms with Gasteiger partial charge in [0, 0.05) is 15.2 Å². The van der Waals surface area contributed by atoms with Gasteiger partial charge < -0.3 is 0 Å². The molecule has 0 heterocycles. The summed E-state index contributed by atoms with van der Waals surface area (Å²) in [5.74, 6) is 0. The van der Waals surface area contributed by atoms with Gasteiger partial charge in [0.05, 0.1) is 0 Å². The zero-order valence-corrected chi connectivity index (χ0v) is 13.2. The lowest BCUT2D eigenvalue weighted by molar-refractivity contribution is 1.13. The average molecular weight is 231 g/mol. The van der Waals surface area contributed by atoms with Crippen LogP contribution in [0.15, 0.2) is 0 Å². The molecule has 0 rings (SSSR count). The van der Waals surface area contributed by atoms with Gasteiger partial charge in [-0.2, -0.15) is 0 Å². The van der Waals surface area contributed by atoms with Crippen LogP contribution in [0, 0.1) is 0 Å². The molecular formula is C12H30Si2. The number of hydrogen-bond acceptors (Lipinski definition) is 0. The second-order valence-corrected chi connectivity index (χ2v) is 20.4. The summed E-state index contributed by atoms with van der Waals surface area (Å²) >= 11 is 0. The Morgan fingerprint density at radius 3 is 0.643 bits per heavy atom. The SMILES string of the molecule is CC[Si](CC)(CC)[Si](CC)(CC)CC. The minimum atomic E-state index is -0.858. The predicted octanol–water partition coefficient (Wildman–Crippen LogP) is 5.08. The van der Waals surface area contributed by atoms with Gasteiger partial charge in [-0.15, -0.1) is 0 Å². The molecule has 0 aliphatic carbocycles. The zero-order valence-electron chi connectivity index (χ0n) is 11.2. The maximum Gasteiger partial charge on any atom is 0.0470 e. The highest BCUT2D eigenvalue weighted by atomic mass is 29.3. The van der Waals surface area contributed by atoms with Gasteiger partial charge in [0.1, 0.15) is 0 Å². The molecule has 0 aliphatic heterocycles. The van der Waals surface area contributed by atoms with E-state index in [2.05, 4.69) is 41.5 Å². The molecule has 0 unspecified atom stereocenters. The third kappa shape index (κ3) is 2.16. The maximum atomic E-state index is 2.47. The molecule has 0 bridgehead atoms. The Hall–Kier alpha value is 0.434. The van der Waals surface area contributed by atoms with Gasteiger partial charge >= 0.3 is 0 Å². The van der Waals surface area contributed by atoms with Crippen molar-refractivity contribution in [2.24, 2.45) is 0 Å². The van der Waals surface area contributed by atoms with Gasteiger partial charge in [-0.05, 0) is 0 Å². The highest BCUT2D eigenvalue weighted by Crippen LogP contribution is 2.38. The van der Waals surface area contributed by atoms with E-state index in [1.807, 2.05) is 0 Å². The summed E-state index contributed by atoms with van der Waals surface area (Å²) in [5, 5.41) is 0. The molecule has 0 aromatic rings. The minimum Gasteiger partial charge on any atom is -0.0680 e. The lowest BCUT2D eigenvalue weighted by atomic mass is 10.9. The van der Waals surface area contributed by atoms with Crippen LogP contribution >= 0.6 is 0 Å². The lowest BCUT2D eigenvalue weighted by Gasteiger charge is -2.46. The summed E-state index contributed by atoms with van der Waals surface area (Å²) in [6.07, 6.45) is 0. The molecule has 86 valence electrons. The molecule has 0 aromatic heterocycles. The molecule has 0 fully saturated rings. The van der Waals surface area contributed by atoms with Crippen molar-refractivity contribution in [1.82, 2.24) is 0 Å². The molecule has 14 heavy (non-hydrogen) atoms. The van der Waals surface area contributed by atoms with Crippen LogP contribution in [0.25, 0.3) is 0 Å². The van der Waals surface area contributed by atoms with E-state index in [0.29, 0.717) is 0 Å². The van der Waals surface area contributed by atoms with Crippen molar-refractivity contribution in [3.05, 3.63) is 0 Å². The van der Waals surface area contributed by atoms with Crippen LogP contribution in [0.4, 0.5) is 0 Å². The van der Waals surface area contributed by atoms with Crippen molar-refractivity contribution in [2.75, 3.05) is 0 Å². The van der Waals surface area contributed by atoms with Gasteiger partial charge in [0.25, 0.3) is 0 Å². The normalized spacial score (nSPS) is 13.3. The summed E-state index contributed by atoms with van der Waals surface area (Å²) in [5.41, 5.74) is 0. The fourth-order valence-corrected chi connectivity index (χ4v) is 24.7. The summed E-state index contributed by atoms with van der Waals surface area (Å²) in [6.45, 7) is 14.8. The van der Waals surface area contributed by atoms with Gasteiger partial charge in [-0.25, -0.2) is 0 Å². The van der Waals surface area contributed by atoms with Crippen molar-refractivity contribution in [1.29, 1.82) is 0 Å². The van der Waals surface area contributed by atoms with Gasteiger partial charge in [-0.3, -0.25) is 0 Å². The van der Waals surface area contributed by atoms with Gasteiger partial charge in [0.2, 0.25) is 0 Å². The Morgan fingerprint density at radius 2 is 0.571 bits per heavy atom. The summed E-state index contributed by atoms with van der Waals surface area (Å²) in [7, 11) is -1.72. The number of hydrogen-bond donors (Lipinski definition) is 0. The second-order valence-electron chi connectivity index (χ2n) is 4.68. The first-order chi connectivity index (χ1) is 6.61. The van der Waals surface area contributed by atoms with Crippen LogP contribution in [-0.2, 0) is 0 Å². The van der Waals surface area contributed by atoms with E-state index in [1.165, 1.54) is 0 Å². The smallest absolute Gasteiger partial charge is 0.0470 e. The molecule has 0 aromatic carbocycles. The van der Waals surface area contributed by atoms with Crippen LogP contribution in [0.2, 0.25) is 36.3 Å². The standard InChI is InChI=1S/C12H30Si2/c1-7-13(8-2,9-3)14(10-4,11-5)12-6/h7-12H2,1-6H3.